The number of carbonyl (C=O) groups excluding carboxylic acids is 1. The highest BCUT2D eigenvalue weighted by atomic mass is 19.2. The molecule has 0 spiro atoms. The first-order valence-electron chi connectivity index (χ1n) is 4.92. The van der Waals surface area contributed by atoms with Crippen molar-refractivity contribution in [3.05, 3.63) is 35.4 Å². The molecule has 1 aromatic rings. The second-order valence-electron chi connectivity index (χ2n) is 3.66. The van der Waals surface area contributed by atoms with E-state index in [-0.39, 0.29) is 5.56 Å². The maximum atomic E-state index is 13.4. The molecule has 0 aliphatic rings. The molecule has 0 aromatic heterocycles. The fourth-order valence-electron chi connectivity index (χ4n) is 1.40. The molecule has 1 rings (SSSR count). The van der Waals surface area contributed by atoms with Gasteiger partial charge in [-0.2, -0.15) is 0 Å². The molecule has 88 valence electrons. The Morgan fingerprint density at radius 1 is 1.38 bits per heavy atom. The van der Waals surface area contributed by atoms with Crippen LogP contribution in [0.3, 0.4) is 0 Å². The van der Waals surface area contributed by atoms with Crippen LogP contribution in [0, 0.1) is 11.6 Å². The summed E-state index contributed by atoms with van der Waals surface area (Å²) in [5.41, 5.74) is 5.24. The van der Waals surface area contributed by atoms with Crippen molar-refractivity contribution in [1.82, 2.24) is 5.32 Å². The monoisotopic (exact) mass is 228 g/mol. The number of nitrogens with one attached hydrogen (secondary N) is 1. The number of amides is 1. The van der Waals surface area contributed by atoms with Gasteiger partial charge in [0, 0.05) is 11.6 Å². The van der Waals surface area contributed by atoms with Crippen LogP contribution in [0.25, 0.3) is 0 Å². The maximum absolute atomic E-state index is 13.4. The normalized spacial score (nSPS) is 14.5. The van der Waals surface area contributed by atoms with E-state index >= 15 is 0 Å². The fraction of sp³-hybridized carbons (Fsp3) is 0.364. The topological polar surface area (TPSA) is 55.1 Å². The van der Waals surface area contributed by atoms with Gasteiger partial charge in [-0.1, -0.05) is 12.1 Å². The van der Waals surface area contributed by atoms with E-state index in [1.165, 1.54) is 12.1 Å². The lowest BCUT2D eigenvalue weighted by molar-refractivity contribution is -0.119. The molecule has 0 fully saturated rings. The number of carbonyl (C=O) groups is 1. The maximum Gasteiger partial charge on any atom is 0.234 e. The van der Waals surface area contributed by atoms with Crippen LogP contribution in [0.1, 0.15) is 25.5 Å². The number of hydrogen-bond acceptors (Lipinski definition) is 2. The van der Waals surface area contributed by atoms with Gasteiger partial charge in [0.25, 0.3) is 0 Å². The van der Waals surface area contributed by atoms with Crippen molar-refractivity contribution in [2.75, 3.05) is 0 Å². The number of halogens is 2. The van der Waals surface area contributed by atoms with E-state index in [9.17, 15) is 13.6 Å². The van der Waals surface area contributed by atoms with E-state index in [0.29, 0.717) is 0 Å². The van der Waals surface area contributed by atoms with Gasteiger partial charge < -0.3 is 5.73 Å². The van der Waals surface area contributed by atoms with E-state index in [0.717, 1.165) is 6.07 Å². The molecule has 2 atom stereocenters. The molecule has 0 saturated heterocycles. The van der Waals surface area contributed by atoms with Gasteiger partial charge in [-0.05, 0) is 19.9 Å². The Bertz CT molecular complexity index is 396. The summed E-state index contributed by atoms with van der Waals surface area (Å²) < 4.78 is 26.3. The molecule has 16 heavy (non-hydrogen) atoms. The van der Waals surface area contributed by atoms with Crippen LogP contribution < -0.4 is 11.1 Å². The second kappa shape index (κ2) is 5.03. The molecule has 3 N–H and O–H groups in total. The summed E-state index contributed by atoms with van der Waals surface area (Å²) in [4.78, 5) is 10.8. The van der Waals surface area contributed by atoms with Crippen LogP contribution in [0.5, 0.6) is 0 Å². The van der Waals surface area contributed by atoms with E-state index in [4.69, 9.17) is 5.73 Å². The quantitative estimate of drug-likeness (QED) is 0.820. The van der Waals surface area contributed by atoms with Crippen LogP contribution in [0.15, 0.2) is 18.2 Å². The van der Waals surface area contributed by atoms with Gasteiger partial charge in [0.05, 0.1) is 6.04 Å². The van der Waals surface area contributed by atoms with Gasteiger partial charge in [-0.25, -0.2) is 8.78 Å². The van der Waals surface area contributed by atoms with Crippen LogP contribution in [-0.4, -0.2) is 11.9 Å². The molecule has 0 heterocycles. The summed E-state index contributed by atoms with van der Waals surface area (Å²) >= 11 is 0. The first-order chi connectivity index (χ1) is 7.43. The number of rotatable bonds is 4. The Labute approximate surface area is 92.6 Å². The third-order valence-electron chi connectivity index (χ3n) is 2.37. The van der Waals surface area contributed by atoms with Crippen molar-refractivity contribution in [1.29, 1.82) is 0 Å². The summed E-state index contributed by atoms with van der Waals surface area (Å²) in [6.45, 7) is 3.20. The lowest BCUT2D eigenvalue weighted by Gasteiger charge is -2.18. The predicted octanol–water partition coefficient (Wildman–Crippen LogP) is 1.49. The Kier molecular flexibility index (Phi) is 3.95. The minimum absolute atomic E-state index is 0.174. The zero-order chi connectivity index (χ0) is 12.3. The fourth-order valence-corrected chi connectivity index (χ4v) is 1.40. The minimum atomic E-state index is -0.905. The van der Waals surface area contributed by atoms with Crippen molar-refractivity contribution >= 4 is 5.91 Å². The molecule has 1 amide bonds. The van der Waals surface area contributed by atoms with Crippen molar-refractivity contribution in [2.24, 2.45) is 5.73 Å². The predicted molar refractivity (Wildman–Crippen MR) is 56.6 cm³/mol. The molecule has 0 aliphatic carbocycles. The summed E-state index contributed by atoms with van der Waals surface area (Å²) in [6, 6.07) is 2.84. The highest BCUT2D eigenvalue weighted by Crippen LogP contribution is 2.19. The molecule has 0 bridgehead atoms. The first-order valence-corrected chi connectivity index (χ1v) is 4.92. The standard InChI is InChI=1S/C11H14F2N2O/c1-6(15-7(2)11(14)16)8-4-3-5-9(12)10(8)13/h3-7,15H,1-2H3,(H2,14,16). The summed E-state index contributed by atoms with van der Waals surface area (Å²) in [5, 5.41) is 2.78. The molecular weight excluding hydrogens is 214 g/mol. The van der Waals surface area contributed by atoms with Gasteiger partial charge in [0.1, 0.15) is 0 Å². The van der Waals surface area contributed by atoms with Crippen molar-refractivity contribution in [3.63, 3.8) is 0 Å². The summed E-state index contributed by atoms with van der Waals surface area (Å²) in [6.07, 6.45) is 0. The van der Waals surface area contributed by atoms with Gasteiger partial charge in [-0.15, -0.1) is 0 Å². The Morgan fingerprint density at radius 3 is 2.56 bits per heavy atom. The van der Waals surface area contributed by atoms with Gasteiger partial charge in [0.2, 0.25) is 5.91 Å². The van der Waals surface area contributed by atoms with Crippen LogP contribution in [0.2, 0.25) is 0 Å². The van der Waals surface area contributed by atoms with Gasteiger partial charge in [-0.3, -0.25) is 10.1 Å². The number of benzene rings is 1. The highest BCUT2D eigenvalue weighted by molar-refractivity contribution is 5.79. The molecular formula is C11H14F2N2O. The highest BCUT2D eigenvalue weighted by Gasteiger charge is 2.17. The molecule has 0 radical (unpaired) electrons. The molecule has 0 aliphatic heterocycles. The largest absolute Gasteiger partial charge is 0.368 e. The number of nitrogens with two attached hydrogens (primary N) is 1. The second-order valence-corrected chi connectivity index (χ2v) is 3.66. The van der Waals surface area contributed by atoms with E-state index in [1.54, 1.807) is 13.8 Å². The van der Waals surface area contributed by atoms with Crippen LogP contribution in [0.4, 0.5) is 8.78 Å². The summed E-state index contributed by atoms with van der Waals surface area (Å²) in [7, 11) is 0. The van der Waals surface area contributed by atoms with Crippen LogP contribution >= 0.6 is 0 Å². The van der Waals surface area contributed by atoms with Crippen molar-refractivity contribution in [3.8, 4) is 0 Å². The smallest absolute Gasteiger partial charge is 0.234 e. The zero-order valence-corrected chi connectivity index (χ0v) is 9.13. The Hall–Kier alpha value is -1.49. The minimum Gasteiger partial charge on any atom is -0.368 e. The Morgan fingerprint density at radius 2 is 2.00 bits per heavy atom. The molecule has 5 heteroatoms. The van der Waals surface area contributed by atoms with Crippen molar-refractivity contribution in [2.45, 2.75) is 25.9 Å². The Balaban J connectivity index is 2.84. The molecule has 2 unspecified atom stereocenters. The first kappa shape index (κ1) is 12.6. The number of primary amides is 1. The average molecular weight is 228 g/mol. The van der Waals surface area contributed by atoms with Gasteiger partial charge in [0.15, 0.2) is 11.6 Å². The number of hydrogen-bond donors (Lipinski definition) is 2. The zero-order valence-electron chi connectivity index (χ0n) is 9.13. The van der Waals surface area contributed by atoms with E-state index in [2.05, 4.69) is 5.32 Å². The third kappa shape index (κ3) is 2.76. The SMILES string of the molecule is CC(NC(C)c1cccc(F)c1F)C(N)=O. The average Bonchev–Trinajstić information content (AvgIpc) is 2.21. The van der Waals surface area contributed by atoms with E-state index < -0.39 is 29.6 Å². The lowest BCUT2D eigenvalue weighted by atomic mass is 10.1. The lowest BCUT2D eigenvalue weighted by Crippen LogP contribution is -2.40. The van der Waals surface area contributed by atoms with E-state index in [1.807, 2.05) is 0 Å². The summed E-state index contributed by atoms with van der Waals surface area (Å²) in [5.74, 6) is -2.35. The molecule has 3 nitrogen and oxygen atoms in total. The van der Waals surface area contributed by atoms with Crippen molar-refractivity contribution < 1.29 is 13.6 Å². The molecule has 1 aromatic carbocycles. The molecule has 0 saturated carbocycles. The van der Waals surface area contributed by atoms with Gasteiger partial charge >= 0.3 is 0 Å². The van der Waals surface area contributed by atoms with Crippen LogP contribution in [-0.2, 0) is 4.79 Å². The third-order valence-corrected chi connectivity index (χ3v) is 2.37.